The normalized spacial score (nSPS) is 15.6. The predicted molar refractivity (Wildman–Crippen MR) is 86.6 cm³/mol. The largest absolute Gasteiger partial charge is 0.386 e. The van der Waals surface area contributed by atoms with Gasteiger partial charge in [-0.1, -0.05) is 0 Å². The highest BCUT2D eigenvalue weighted by molar-refractivity contribution is 6.28. The standard InChI is InChI=1S/C14H17ClN4O4/c1-9-11(17-13(16)8-15)6-10(7-12(9)19(21)22)14(20)18-2-4-23-5-3-18/h6-7H,2-5,8H2,1H3,(H2,16,17). The Labute approximate surface area is 138 Å². The Morgan fingerprint density at radius 2 is 2.13 bits per heavy atom. The Morgan fingerprint density at radius 1 is 1.48 bits per heavy atom. The molecule has 2 N–H and O–H groups in total. The van der Waals surface area contributed by atoms with Crippen LogP contribution in [0.1, 0.15) is 15.9 Å². The van der Waals surface area contributed by atoms with Crippen molar-refractivity contribution in [2.45, 2.75) is 6.92 Å². The van der Waals surface area contributed by atoms with Gasteiger partial charge in [-0.05, 0) is 13.0 Å². The average molecular weight is 341 g/mol. The highest BCUT2D eigenvalue weighted by Crippen LogP contribution is 2.30. The van der Waals surface area contributed by atoms with Crippen LogP contribution in [0.2, 0.25) is 0 Å². The maximum absolute atomic E-state index is 12.5. The average Bonchev–Trinajstić information content (AvgIpc) is 2.56. The second-order valence-electron chi connectivity index (χ2n) is 5.04. The van der Waals surface area contributed by atoms with Crippen LogP contribution in [0.25, 0.3) is 0 Å². The predicted octanol–water partition coefficient (Wildman–Crippen LogP) is 1.60. The third kappa shape index (κ3) is 3.96. The summed E-state index contributed by atoms with van der Waals surface area (Å²) in [5, 5.41) is 11.2. The second kappa shape index (κ2) is 7.38. The molecule has 0 bridgehead atoms. The van der Waals surface area contributed by atoms with Crippen molar-refractivity contribution in [3.63, 3.8) is 0 Å². The molecule has 1 aromatic rings. The van der Waals surface area contributed by atoms with E-state index in [4.69, 9.17) is 22.1 Å². The van der Waals surface area contributed by atoms with Crippen LogP contribution in [0.5, 0.6) is 0 Å². The van der Waals surface area contributed by atoms with E-state index in [2.05, 4.69) is 4.99 Å². The summed E-state index contributed by atoms with van der Waals surface area (Å²) < 4.78 is 5.20. The number of ether oxygens (including phenoxy) is 1. The minimum Gasteiger partial charge on any atom is -0.386 e. The molecule has 0 aliphatic carbocycles. The molecular formula is C14H17ClN4O4. The van der Waals surface area contributed by atoms with Crippen LogP contribution in [0, 0.1) is 17.0 Å². The molecule has 0 saturated carbocycles. The molecule has 1 amide bonds. The van der Waals surface area contributed by atoms with Gasteiger partial charge in [-0.15, -0.1) is 11.6 Å². The van der Waals surface area contributed by atoms with Crippen molar-refractivity contribution >= 4 is 34.7 Å². The molecule has 0 radical (unpaired) electrons. The maximum Gasteiger partial charge on any atom is 0.275 e. The molecule has 8 nitrogen and oxygen atoms in total. The SMILES string of the molecule is Cc1c(N=C(N)CCl)cc(C(=O)N2CCOCC2)cc1[N+](=O)[O-]. The number of halogens is 1. The summed E-state index contributed by atoms with van der Waals surface area (Å²) in [4.78, 5) is 28.9. The Morgan fingerprint density at radius 3 is 2.70 bits per heavy atom. The molecule has 2 rings (SSSR count). The van der Waals surface area contributed by atoms with Crippen LogP contribution in [-0.2, 0) is 4.74 Å². The van der Waals surface area contributed by atoms with Gasteiger partial charge in [-0.3, -0.25) is 14.9 Å². The Hall–Kier alpha value is -2.19. The number of alkyl halides is 1. The number of hydrogen-bond acceptors (Lipinski definition) is 5. The van der Waals surface area contributed by atoms with E-state index in [0.29, 0.717) is 31.9 Å². The van der Waals surface area contributed by atoms with Crippen molar-refractivity contribution < 1.29 is 14.5 Å². The molecule has 1 aliphatic rings. The summed E-state index contributed by atoms with van der Waals surface area (Å²) in [6.45, 7) is 3.35. The van der Waals surface area contributed by atoms with Crippen LogP contribution >= 0.6 is 11.6 Å². The van der Waals surface area contributed by atoms with Crippen LogP contribution in [-0.4, -0.2) is 53.7 Å². The summed E-state index contributed by atoms with van der Waals surface area (Å²) in [6.07, 6.45) is 0. The van der Waals surface area contributed by atoms with Gasteiger partial charge in [-0.2, -0.15) is 0 Å². The molecule has 0 atom stereocenters. The number of morpholine rings is 1. The third-order valence-corrected chi connectivity index (χ3v) is 3.77. The van der Waals surface area contributed by atoms with Crippen molar-refractivity contribution in [2.24, 2.45) is 10.7 Å². The summed E-state index contributed by atoms with van der Waals surface area (Å²) in [5.74, 6) is -0.174. The van der Waals surface area contributed by atoms with Crippen LogP contribution in [0.4, 0.5) is 11.4 Å². The molecule has 9 heteroatoms. The van der Waals surface area contributed by atoms with Crippen LogP contribution < -0.4 is 5.73 Å². The number of nitrogens with two attached hydrogens (primary N) is 1. The minimum atomic E-state index is -0.540. The number of amidine groups is 1. The number of aliphatic imine (C=N–C) groups is 1. The lowest BCUT2D eigenvalue weighted by Crippen LogP contribution is -2.40. The smallest absolute Gasteiger partial charge is 0.275 e. The fraction of sp³-hybridized carbons (Fsp3) is 0.429. The molecule has 0 aromatic heterocycles. The van der Waals surface area contributed by atoms with Crippen molar-refractivity contribution in [3.05, 3.63) is 33.4 Å². The first-order chi connectivity index (χ1) is 10.9. The fourth-order valence-corrected chi connectivity index (χ4v) is 2.31. The zero-order valence-corrected chi connectivity index (χ0v) is 13.4. The lowest BCUT2D eigenvalue weighted by Gasteiger charge is -2.27. The van der Waals surface area contributed by atoms with Crippen LogP contribution in [0.15, 0.2) is 17.1 Å². The van der Waals surface area contributed by atoms with E-state index < -0.39 is 4.92 Å². The molecule has 1 heterocycles. The number of benzene rings is 1. The Bertz CT molecular complexity index is 656. The Balaban J connectivity index is 2.46. The molecule has 0 spiro atoms. The monoisotopic (exact) mass is 340 g/mol. The number of nitro benzene ring substituents is 1. The van der Waals surface area contributed by atoms with E-state index in [0.717, 1.165) is 0 Å². The molecule has 1 aromatic carbocycles. The summed E-state index contributed by atoms with van der Waals surface area (Å²) in [7, 11) is 0. The zero-order valence-electron chi connectivity index (χ0n) is 12.6. The first-order valence-corrected chi connectivity index (χ1v) is 7.52. The highest BCUT2D eigenvalue weighted by atomic mass is 35.5. The van der Waals surface area contributed by atoms with Gasteiger partial charge in [0.2, 0.25) is 0 Å². The van der Waals surface area contributed by atoms with E-state index in [1.807, 2.05) is 0 Å². The van der Waals surface area contributed by atoms with Gasteiger partial charge >= 0.3 is 0 Å². The lowest BCUT2D eigenvalue weighted by atomic mass is 10.1. The van der Waals surface area contributed by atoms with E-state index >= 15 is 0 Å². The summed E-state index contributed by atoms with van der Waals surface area (Å²) in [6, 6.07) is 2.77. The van der Waals surface area contributed by atoms with Gasteiger partial charge in [0.25, 0.3) is 11.6 Å². The van der Waals surface area contributed by atoms with E-state index in [-0.39, 0.29) is 34.6 Å². The number of amides is 1. The van der Waals surface area contributed by atoms with Crippen molar-refractivity contribution in [3.8, 4) is 0 Å². The molecule has 124 valence electrons. The van der Waals surface area contributed by atoms with E-state index in [1.165, 1.54) is 12.1 Å². The molecule has 0 unspecified atom stereocenters. The van der Waals surface area contributed by atoms with E-state index in [9.17, 15) is 14.9 Å². The molecule has 1 saturated heterocycles. The van der Waals surface area contributed by atoms with Crippen LogP contribution in [0.3, 0.4) is 0 Å². The summed E-state index contributed by atoms with van der Waals surface area (Å²) >= 11 is 5.60. The molecule has 23 heavy (non-hydrogen) atoms. The molecular weight excluding hydrogens is 324 g/mol. The summed E-state index contributed by atoms with van der Waals surface area (Å²) in [5.41, 5.74) is 6.24. The second-order valence-corrected chi connectivity index (χ2v) is 5.31. The third-order valence-electron chi connectivity index (χ3n) is 3.50. The van der Waals surface area contributed by atoms with Gasteiger partial charge in [0.1, 0.15) is 5.84 Å². The van der Waals surface area contributed by atoms with Gasteiger partial charge in [0.05, 0.1) is 35.3 Å². The van der Waals surface area contributed by atoms with E-state index in [1.54, 1.807) is 11.8 Å². The number of nitrogens with zero attached hydrogens (tertiary/aromatic N) is 3. The van der Waals surface area contributed by atoms with Gasteiger partial charge in [0.15, 0.2) is 0 Å². The number of carbonyl (C=O) groups excluding carboxylic acids is 1. The number of hydrogen-bond donors (Lipinski definition) is 1. The molecule has 1 fully saturated rings. The highest BCUT2D eigenvalue weighted by Gasteiger charge is 2.23. The maximum atomic E-state index is 12.5. The Kier molecular flexibility index (Phi) is 5.51. The van der Waals surface area contributed by atoms with Crippen molar-refractivity contribution in [2.75, 3.05) is 32.2 Å². The topological polar surface area (TPSA) is 111 Å². The zero-order chi connectivity index (χ0) is 17.0. The first kappa shape index (κ1) is 17.2. The fourth-order valence-electron chi connectivity index (χ4n) is 2.25. The van der Waals surface area contributed by atoms with Gasteiger partial charge < -0.3 is 15.4 Å². The number of carbonyl (C=O) groups is 1. The van der Waals surface area contributed by atoms with Gasteiger partial charge in [0, 0.05) is 24.7 Å². The first-order valence-electron chi connectivity index (χ1n) is 6.99. The lowest BCUT2D eigenvalue weighted by molar-refractivity contribution is -0.385. The number of nitro groups is 1. The minimum absolute atomic E-state index is 0.00508. The van der Waals surface area contributed by atoms with Crippen molar-refractivity contribution in [1.29, 1.82) is 0 Å². The molecule has 1 aliphatic heterocycles. The quantitative estimate of drug-likeness (QED) is 0.294. The number of rotatable bonds is 4. The van der Waals surface area contributed by atoms with Gasteiger partial charge in [-0.25, -0.2) is 4.99 Å². The van der Waals surface area contributed by atoms with Crippen molar-refractivity contribution in [1.82, 2.24) is 4.90 Å².